The fourth-order valence-electron chi connectivity index (χ4n) is 3.22. The van der Waals surface area contributed by atoms with E-state index in [0.29, 0.717) is 40.5 Å². The summed E-state index contributed by atoms with van der Waals surface area (Å²) in [7, 11) is 3.17. The number of nitrogens with zero attached hydrogens (tertiary/aromatic N) is 2. The highest BCUT2D eigenvalue weighted by Gasteiger charge is 2.14. The van der Waals surface area contributed by atoms with Gasteiger partial charge in [0.1, 0.15) is 11.6 Å². The number of benzene rings is 2. The normalized spacial score (nSPS) is 10.6. The third-order valence-electron chi connectivity index (χ3n) is 4.65. The molecule has 0 radical (unpaired) electrons. The molecular formula is C23H23N5O4. The number of ether oxygens (including phenoxy) is 3. The molecule has 0 saturated heterocycles. The van der Waals surface area contributed by atoms with Crippen molar-refractivity contribution in [3.05, 3.63) is 54.2 Å². The molecule has 164 valence electrons. The largest absolute Gasteiger partial charge is 0.493 e. The van der Waals surface area contributed by atoms with Gasteiger partial charge in [0.15, 0.2) is 17.3 Å². The molecule has 9 nitrogen and oxygen atoms in total. The van der Waals surface area contributed by atoms with E-state index in [9.17, 15) is 4.79 Å². The second-order valence-corrected chi connectivity index (χ2v) is 7.11. The summed E-state index contributed by atoms with van der Waals surface area (Å²) in [6.45, 7) is 3.38. The highest BCUT2D eigenvalue weighted by Crippen LogP contribution is 2.38. The fraction of sp³-hybridized carbons (Fsp3) is 0.174. The van der Waals surface area contributed by atoms with Crippen molar-refractivity contribution in [1.82, 2.24) is 15.2 Å². The van der Waals surface area contributed by atoms with Crippen LogP contribution in [0, 0.1) is 6.92 Å². The van der Waals surface area contributed by atoms with Crippen LogP contribution in [0.15, 0.2) is 48.5 Å². The second-order valence-electron chi connectivity index (χ2n) is 7.11. The first-order chi connectivity index (χ1) is 15.4. The van der Waals surface area contributed by atoms with Crippen LogP contribution >= 0.6 is 0 Å². The number of aromatic nitrogens is 3. The monoisotopic (exact) mass is 433 g/mol. The fourth-order valence-corrected chi connectivity index (χ4v) is 3.22. The Morgan fingerprint density at radius 1 is 0.969 bits per heavy atom. The van der Waals surface area contributed by atoms with Gasteiger partial charge < -0.3 is 24.8 Å². The van der Waals surface area contributed by atoms with Crippen molar-refractivity contribution in [2.45, 2.75) is 13.8 Å². The Hall–Kier alpha value is -4.27. The number of pyridine rings is 1. The number of rotatable bonds is 7. The Bertz CT molecular complexity index is 1270. The zero-order valence-electron chi connectivity index (χ0n) is 18.1. The predicted octanol–water partition coefficient (Wildman–Crippen LogP) is 4.78. The lowest BCUT2D eigenvalue weighted by Crippen LogP contribution is -2.05. The van der Waals surface area contributed by atoms with Gasteiger partial charge in [0.25, 0.3) is 0 Å². The summed E-state index contributed by atoms with van der Waals surface area (Å²) in [6.07, 6.45) is 0. The molecule has 0 unspecified atom stereocenters. The Kier molecular flexibility index (Phi) is 5.80. The molecule has 0 atom stereocenters. The lowest BCUT2D eigenvalue weighted by Gasteiger charge is -2.14. The zero-order valence-corrected chi connectivity index (χ0v) is 18.1. The molecule has 1 amide bonds. The van der Waals surface area contributed by atoms with Crippen molar-refractivity contribution in [3.63, 3.8) is 0 Å². The van der Waals surface area contributed by atoms with Crippen molar-refractivity contribution in [1.29, 1.82) is 0 Å². The van der Waals surface area contributed by atoms with Gasteiger partial charge in [-0.05, 0) is 54.8 Å². The average molecular weight is 433 g/mol. The first-order valence-corrected chi connectivity index (χ1v) is 9.86. The topological polar surface area (TPSA) is 110 Å². The van der Waals surface area contributed by atoms with Crippen LogP contribution in [0.5, 0.6) is 23.1 Å². The molecule has 32 heavy (non-hydrogen) atoms. The summed E-state index contributed by atoms with van der Waals surface area (Å²) in [6, 6.07) is 14.5. The number of aryl methyl sites for hydroxylation is 1. The number of hydrogen-bond acceptors (Lipinski definition) is 7. The number of methoxy groups -OCH3 is 2. The van der Waals surface area contributed by atoms with E-state index in [-0.39, 0.29) is 5.91 Å². The van der Waals surface area contributed by atoms with Crippen LogP contribution in [0.1, 0.15) is 12.6 Å². The lowest BCUT2D eigenvalue weighted by molar-refractivity contribution is -0.114. The van der Waals surface area contributed by atoms with Gasteiger partial charge in [0.05, 0.1) is 14.2 Å². The maximum Gasteiger partial charge on any atom is 0.229 e. The Balaban J connectivity index is 1.75. The molecule has 0 aliphatic rings. The van der Waals surface area contributed by atoms with E-state index in [1.54, 1.807) is 38.5 Å². The van der Waals surface area contributed by atoms with Gasteiger partial charge in [-0.1, -0.05) is 0 Å². The quantitative estimate of drug-likeness (QED) is 0.385. The van der Waals surface area contributed by atoms with E-state index >= 15 is 0 Å². The molecule has 2 heterocycles. The first-order valence-electron chi connectivity index (χ1n) is 9.86. The second kappa shape index (κ2) is 8.84. The minimum Gasteiger partial charge on any atom is -0.493 e. The number of fused-ring (bicyclic) bond motifs is 1. The van der Waals surface area contributed by atoms with E-state index in [4.69, 9.17) is 14.2 Å². The minimum absolute atomic E-state index is 0.139. The average Bonchev–Trinajstić information content (AvgIpc) is 3.18. The summed E-state index contributed by atoms with van der Waals surface area (Å²) < 4.78 is 17.0. The van der Waals surface area contributed by atoms with Crippen molar-refractivity contribution < 1.29 is 19.0 Å². The van der Waals surface area contributed by atoms with Crippen LogP contribution in [-0.2, 0) is 4.79 Å². The number of aromatic amines is 1. The molecule has 4 aromatic rings. The highest BCUT2D eigenvalue weighted by molar-refractivity contribution is 5.92. The van der Waals surface area contributed by atoms with E-state index in [1.807, 2.05) is 31.2 Å². The lowest BCUT2D eigenvalue weighted by atomic mass is 10.1. The number of nitrogens with one attached hydrogen (secondary N) is 3. The standard InChI is InChI=1S/C23H23N5O4/c1-13-9-22(28-27-13)25-21-11-15-10-19(30-3)20(31-4)12-18(15)23(26-21)32-17-7-5-16(6-8-17)24-14(2)29/h5-12H,1-4H3,(H,24,29)(H2,25,26,27,28). The summed E-state index contributed by atoms with van der Waals surface area (Å²) in [5, 5.41) is 14.6. The van der Waals surface area contributed by atoms with Crippen molar-refractivity contribution in [2.24, 2.45) is 0 Å². The van der Waals surface area contributed by atoms with Crippen LogP contribution in [0.25, 0.3) is 10.8 Å². The molecule has 0 fully saturated rings. The van der Waals surface area contributed by atoms with Crippen LogP contribution < -0.4 is 24.8 Å². The van der Waals surface area contributed by atoms with Crippen LogP contribution in [0.2, 0.25) is 0 Å². The highest BCUT2D eigenvalue weighted by atomic mass is 16.5. The molecular weight excluding hydrogens is 410 g/mol. The molecule has 2 aromatic carbocycles. The van der Waals surface area contributed by atoms with E-state index in [0.717, 1.165) is 16.5 Å². The van der Waals surface area contributed by atoms with Crippen molar-refractivity contribution >= 4 is 34.0 Å². The van der Waals surface area contributed by atoms with Crippen LogP contribution in [0.4, 0.5) is 17.3 Å². The Morgan fingerprint density at radius 2 is 1.69 bits per heavy atom. The van der Waals surface area contributed by atoms with Gasteiger partial charge in [0, 0.05) is 29.8 Å². The molecule has 0 spiro atoms. The number of carbonyl (C=O) groups is 1. The number of H-pyrrole nitrogens is 1. The molecule has 9 heteroatoms. The van der Waals surface area contributed by atoms with Gasteiger partial charge in [-0.25, -0.2) is 0 Å². The first kappa shape index (κ1) is 21.0. The van der Waals surface area contributed by atoms with Crippen molar-refractivity contribution in [2.75, 3.05) is 24.9 Å². The summed E-state index contributed by atoms with van der Waals surface area (Å²) >= 11 is 0. The number of carbonyl (C=O) groups excluding carboxylic acids is 1. The number of anilines is 3. The maximum absolute atomic E-state index is 11.2. The van der Waals surface area contributed by atoms with E-state index < -0.39 is 0 Å². The molecule has 0 saturated carbocycles. The van der Waals surface area contributed by atoms with E-state index in [1.165, 1.54) is 6.92 Å². The number of amides is 1. The van der Waals surface area contributed by atoms with Gasteiger partial charge in [0.2, 0.25) is 11.8 Å². The molecule has 0 bridgehead atoms. The Labute approximate surface area is 184 Å². The third-order valence-corrected chi connectivity index (χ3v) is 4.65. The van der Waals surface area contributed by atoms with Gasteiger partial charge in [-0.2, -0.15) is 10.1 Å². The molecule has 3 N–H and O–H groups in total. The van der Waals surface area contributed by atoms with E-state index in [2.05, 4.69) is 25.8 Å². The third kappa shape index (κ3) is 4.56. The van der Waals surface area contributed by atoms with Gasteiger partial charge >= 0.3 is 0 Å². The molecule has 0 aliphatic carbocycles. The van der Waals surface area contributed by atoms with Gasteiger partial charge in [-0.3, -0.25) is 9.89 Å². The number of hydrogen-bond donors (Lipinski definition) is 3. The summed E-state index contributed by atoms with van der Waals surface area (Å²) in [4.78, 5) is 15.9. The summed E-state index contributed by atoms with van der Waals surface area (Å²) in [5.74, 6) is 3.16. The smallest absolute Gasteiger partial charge is 0.229 e. The Morgan fingerprint density at radius 3 is 2.31 bits per heavy atom. The molecule has 2 aromatic heterocycles. The minimum atomic E-state index is -0.139. The predicted molar refractivity (Wildman–Crippen MR) is 122 cm³/mol. The van der Waals surface area contributed by atoms with Crippen molar-refractivity contribution in [3.8, 4) is 23.1 Å². The maximum atomic E-state index is 11.2. The molecule has 4 rings (SSSR count). The summed E-state index contributed by atoms with van der Waals surface area (Å²) in [5.41, 5.74) is 1.61. The SMILES string of the molecule is COc1cc2cc(Nc3cc(C)[nH]n3)nc(Oc3ccc(NC(C)=O)cc3)c2cc1OC. The molecule has 0 aliphatic heterocycles. The van der Waals surface area contributed by atoms with Crippen LogP contribution in [-0.4, -0.2) is 35.3 Å². The zero-order chi connectivity index (χ0) is 22.7. The van der Waals surface area contributed by atoms with Gasteiger partial charge in [-0.15, -0.1) is 0 Å². The van der Waals surface area contributed by atoms with Crippen LogP contribution in [0.3, 0.4) is 0 Å².